The van der Waals surface area contributed by atoms with Crippen LogP contribution in [0.4, 0.5) is 0 Å². The van der Waals surface area contributed by atoms with Crippen LogP contribution in [0.1, 0.15) is 27.7 Å². The van der Waals surface area contributed by atoms with Gasteiger partial charge < -0.3 is 28.4 Å². The Kier molecular flexibility index (Phi) is 5.06. The summed E-state index contributed by atoms with van der Waals surface area (Å²) in [4.78, 5) is 22.8. The summed E-state index contributed by atoms with van der Waals surface area (Å²) in [6.07, 6.45) is -3.74. The maximum absolute atomic E-state index is 11.4. The van der Waals surface area contributed by atoms with Crippen LogP contribution in [0.15, 0.2) is 0 Å². The van der Waals surface area contributed by atoms with E-state index in [9.17, 15) is 9.59 Å². The molecule has 8 heteroatoms. The van der Waals surface area contributed by atoms with Crippen LogP contribution in [-0.4, -0.2) is 62.1 Å². The zero-order valence-corrected chi connectivity index (χ0v) is 13.4. The van der Waals surface area contributed by atoms with E-state index in [4.69, 9.17) is 28.4 Å². The molecule has 2 aliphatic rings. The predicted molar refractivity (Wildman–Crippen MR) is 71.7 cm³/mol. The van der Waals surface area contributed by atoms with Crippen LogP contribution in [-0.2, 0) is 38.0 Å². The van der Waals surface area contributed by atoms with Gasteiger partial charge in [0.1, 0.15) is 12.2 Å². The fraction of sp³-hybridized carbons (Fsp3) is 0.857. The second kappa shape index (κ2) is 6.49. The Morgan fingerprint density at radius 3 is 2.23 bits per heavy atom. The van der Waals surface area contributed by atoms with Crippen LogP contribution < -0.4 is 0 Å². The molecule has 0 aromatic rings. The second-order valence-electron chi connectivity index (χ2n) is 5.72. The van der Waals surface area contributed by atoms with Gasteiger partial charge in [-0.05, 0) is 13.8 Å². The standard InChI is InChI=1S/C14H22O8/c1-7(15)19-11-10-9(6-18-14(3,4)22-10)21-13(17-5)12(11)20-8(2)16/h9-13H,6H2,1-5H3/t9-,10-,11+,12-,13-/m1/s1. The van der Waals surface area contributed by atoms with Gasteiger partial charge in [0.15, 0.2) is 24.3 Å². The van der Waals surface area contributed by atoms with Crippen LogP contribution in [0.3, 0.4) is 0 Å². The monoisotopic (exact) mass is 318 g/mol. The maximum atomic E-state index is 11.4. The van der Waals surface area contributed by atoms with Gasteiger partial charge >= 0.3 is 11.9 Å². The lowest BCUT2D eigenvalue weighted by Gasteiger charge is -2.49. The molecule has 0 amide bonds. The molecule has 0 aromatic carbocycles. The molecule has 0 unspecified atom stereocenters. The normalized spacial score (nSPS) is 37.0. The number of esters is 2. The van der Waals surface area contributed by atoms with E-state index in [0.29, 0.717) is 0 Å². The van der Waals surface area contributed by atoms with Gasteiger partial charge in [-0.15, -0.1) is 0 Å². The quantitative estimate of drug-likeness (QED) is 0.690. The molecule has 2 heterocycles. The highest BCUT2D eigenvalue weighted by Crippen LogP contribution is 2.35. The largest absolute Gasteiger partial charge is 0.455 e. The summed E-state index contributed by atoms with van der Waals surface area (Å²) < 4.78 is 32.9. The van der Waals surface area contributed by atoms with Crippen molar-refractivity contribution in [2.45, 2.75) is 64.2 Å². The molecule has 0 saturated carbocycles. The summed E-state index contributed by atoms with van der Waals surface area (Å²) in [5.74, 6) is -1.90. The molecular formula is C14H22O8. The molecule has 2 aliphatic heterocycles. The first-order valence-corrected chi connectivity index (χ1v) is 7.08. The van der Waals surface area contributed by atoms with Gasteiger partial charge in [0, 0.05) is 21.0 Å². The summed E-state index contributed by atoms with van der Waals surface area (Å²) in [5, 5.41) is 0. The van der Waals surface area contributed by atoms with Crippen LogP contribution in [0, 0.1) is 0 Å². The second-order valence-corrected chi connectivity index (χ2v) is 5.72. The van der Waals surface area contributed by atoms with E-state index >= 15 is 0 Å². The Morgan fingerprint density at radius 1 is 1.09 bits per heavy atom. The number of carbonyl (C=O) groups excluding carboxylic acids is 2. The Balaban J connectivity index is 2.29. The predicted octanol–water partition coefficient (Wildman–Crippen LogP) is 0.373. The van der Waals surface area contributed by atoms with Crippen molar-refractivity contribution in [2.24, 2.45) is 0 Å². The lowest BCUT2D eigenvalue weighted by Crippen LogP contribution is -2.66. The van der Waals surface area contributed by atoms with Crippen LogP contribution in [0.2, 0.25) is 0 Å². The summed E-state index contributed by atoms with van der Waals surface area (Å²) in [6.45, 7) is 6.29. The van der Waals surface area contributed by atoms with Crippen molar-refractivity contribution in [3.63, 3.8) is 0 Å². The molecule has 8 nitrogen and oxygen atoms in total. The third-order valence-electron chi connectivity index (χ3n) is 3.44. The molecule has 0 aliphatic carbocycles. The highest BCUT2D eigenvalue weighted by atomic mass is 16.8. The first-order valence-electron chi connectivity index (χ1n) is 7.08. The van der Waals surface area contributed by atoms with E-state index in [1.807, 2.05) is 0 Å². The van der Waals surface area contributed by atoms with E-state index in [1.54, 1.807) is 13.8 Å². The van der Waals surface area contributed by atoms with Crippen LogP contribution in [0.25, 0.3) is 0 Å². The number of hydrogen-bond acceptors (Lipinski definition) is 8. The highest BCUT2D eigenvalue weighted by Gasteiger charge is 2.54. The van der Waals surface area contributed by atoms with Gasteiger partial charge in [0.05, 0.1) is 6.61 Å². The molecular weight excluding hydrogens is 296 g/mol. The first-order chi connectivity index (χ1) is 10.2. The smallest absolute Gasteiger partial charge is 0.303 e. The van der Waals surface area contributed by atoms with E-state index in [1.165, 1.54) is 21.0 Å². The topological polar surface area (TPSA) is 89.5 Å². The Hall–Kier alpha value is -1.22. The fourth-order valence-electron chi connectivity index (χ4n) is 2.63. The third kappa shape index (κ3) is 3.75. The summed E-state index contributed by atoms with van der Waals surface area (Å²) >= 11 is 0. The number of ether oxygens (including phenoxy) is 6. The van der Waals surface area contributed by atoms with Crippen molar-refractivity contribution >= 4 is 11.9 Å². The lowest BCUT2D eigenvalue weighted by molar-refractivity contribution is -0.380. The number of fused-ring (bicyclic) bond motifs is 1. The molecule has 5 atom stereocenters. The molecule has 22 heavy (non-hydrogen) atoms. The van der Waals surface area contributed by atoms with Gasteiger partial charge in [-0.2, -0.15) is 0 Å². The number of methoxy groups -OCH3 is 1. The molecule has 0 N–H and O–H groups in total. The molecule has 0 spiro atoms. The molecule has 2 rings (SSSR count). The molecule has 0 bridgehead atoms. The average molecular weight is 318 g/mol. The number of carbonyl (C=O) groups is 2. The van der Waals surface area contributed by atoms with Crippen molar-refractivity contribution in [3.05, 3.63) is 0 Å². The summed E-state index contributed by atoms with van der Waals surface area (Å²) in [6, 6.07) is 0. The molecule has 2 fully saturated rings. The lowest BCUT2D eigenvalue weighted by atomic mass is 9.97. The minimum Gasteiger partial charge on any atom is -0.455 e. The van der Waals surface area contributed by atoms with Gasteiger partial charge in [0.2, 0.25) is 0 Å². The van der Waals surface area contributed by atoms with Crippen LogP contribution in [0.5, 0.6) is 0 Å². The minimum absolute atomic E-state index is 0.252. The zero-order chi connectivity index (χ0) is 16.5. The SMILES string of the molecule is CO[C@@H]1O[C@@H]2COC(C)(C)O[C@H]2[C@H](OC(C)=O)[C@H]1OC(C)=O. The van der Waals surface area contributed by atoms with Crippen molar-refractivity contribution in [1.29, 1.82) is 0 Å². The van der Waals surface area contributed by atoms with E-state index in [-0.39, 0.29) is 6.61 Å². The van der Waals surface area contributed by atoms with E-state index in [2.05, 4.69) is 0 Å². The molecule has 2 saturated heterocycles. The van der Waals surface area contributed by atoms with Crippen molar-refractivity contribution in [1.82, 2.24) is 0 Å². The van der Waals surface area contributed by atoms with Gasteiger partial charge in [-0.3, -0.25) is 9.59 Å². The molecule has 126 valence electrons. The molecule has 0 aromatic heterocycles. The number of hydrogen-bond donors (Lipinski definition) is 0. The molecule has 0 radical (unpaired) electrons. The van der Waals surface area contributed by atoms with Gasteiger partial charge in [-0.25, -0.2) is 0 Å². The number of rotatable bonds is 3. The average Bonchev–Trinajstić information content (AvgIpc) is 2.40. The first kappa shape index (κ1) is 17.1. The van der Waals surface area contributed by atoms with Crippen molar-refractivity contribution < 1.29 is 38.0 Å². The summed E-state index contributed by atoms with van der Waals surface area (Å²) in [5.41, 5.74) is 0. The van der Waals surface area contributed by atoms with Crippen LogP contribution >= 0.6 is 0 Å². The maximum Gasteiger partial charge on any atom is 0.303 e. The zero-order valence-electron chi connectivity index (χ0n) is 13.4. The Morgan fingerprint density at radius 2 is 1.68 bits per heavy atom. The van der Waals surface area contributed by atoms with Crippen molar-refractivity contribution in [2.75, 3.05) is 13.7 Å². The van der Waals surface area contributed by atoms with E-state index in [0.717, 1.165) is 0 Å². The Labute approximate surface area is 128 Å². The Bertz CT molecular complexity index is 435. The fourth-order valence-corrected chi connectivity index (χ4v) is 2.63. The van der Waals surface area contributed by atoms with Gasteiger partial charge in [0.25, 0.3) is 0 Å². The third-order valence-corrected chi connectivity index (χ3v) is 3.44. The van der Waals surface area contributed by atoms with Gasteiger partial charge in [-0.1, -0.05) is 0 Å². The van der Waals surface area contributed by atoms with Crippen molar-refractivity contribution in [3.8, 4) is 0 Å². The highest BCUT2D eigenvalue weighted by molar-refractivity contribution is 5.67. The van der Waals surface area contributed by atoms with E-state index < -0.39 is 48.4 Å². The minimum atomic E-state index is -0.915. The summed E-state index contributed by atoms with van der Waals surface area (Å²) in [7, 11) is 1.42.